The Hall–Kier alpha value is -2.34. The fraction of sp³-hybridized carbons (Fsp3) is 0.176. The van der Waals surface area contributed by atoms with E-state index in [0.717, 1.165) is 11.8 Å². The van der Waals surface area contributed by atoms with Crippen LogP contribution >= 0.6 is 15.9 Å². The Morgan fingerprint density at radius 3 is 2.52 bits per heavy atom. The molecule has 0 heterocycles. The van der Waals surface area contributed by atoms with E-state index in [4.69, 9.17) is 9.47 Å². The highest BCUT2D eigenvalue weighted by molar-refractivity contribution is 9.10. The molecule has 2 aromatic rings. The van der Waals surface area contributed by atoms with Gasteiger partial charge in [0.25, 0.3) is 0 Å². The molecular formula is C17H16BrNO4. The summed E-state index contributed by atoms with van der Waals surface area (Å²) in [4.78, 5) is 9.96. The van der Waals surface area contributed by atoms with Gasteiger partial charge in [-0.15, -0.1) is 0 Å². The number of ether oxygens (including phenoxy) is 2. The van der Waals surface area contributed by atoms with Crippen LogP contribution < -0.4 is 9.47 Å². The van der Waals surface area contributed by atoms with E-state index in [9.17, 15) is 10.1 Å². The Morgan fingerprint density at radius 1 is 1.17 bits per heavy atom. The first-order chi connectivity index (χ1) is 11.1. The Balaban J connectivity index is 2.24. The SMILES string of the molecule is CCOc1cc(C=C[N+](=O)[O-])c(Br)cc1OCc1ccccc1. The third kappa shape index (κ3) is 5.10. The highest BCUT2D eigenvalue weighted by Crippen LogP contribution is 2.35. The van der Waals surface area contributed by atoms with Crippen molar-refractivity contribution in [3.05, 3.63) is 74.4 Å². The van der Waals surface area contributed by atoms with Gasteiger partial charge in [-0.1, -0.05) is 46.3 Å². The maximum absolute atomic E-state index is 10.5. The summed E-state index contributed by atoms with van der Waals surface area (Å²) in [5.41, 5.74) is 1.70. The molecule has 0 N–H and O–H groups in total. The Kier molecular flexibility index (Phi) is 6.17. The number of hydrogen-bond acceptors (Lipinski definition) is 4. The molecular weight excluding hydrogens is 362 g/mol. The molecule has 6 heteroatoms. The number of halogens is 1. The van der Waals surface area contributed by atoms with Gasteiger partial charge in [0.05, 0.1) is 11.5 Å². The zero-order chi connectivity index (χ0) is 16.7. The molecule has 0 fully saturated rings. The van der Waals surface area contributed by atoms with E-state index >= 15 is 0 Å². The topological polar surface area (TPSA) is 61.6 Å². The Labute approximate surface area is 142 Å². The summed E-state index contributed by atoms with van der Waals surface area (Å²) in [5, 5.41) is 10.5. The molecule has 0 aliphatic rings. The van der Waals surface area contributed by atoms with E-state index in [1.165, 1.54) is 6.08 Å². The minimum atomic E-state index is -0.507. The molecule has 23 heavy (non-hydrogen) atoms. The summed E-state index contributed by atoms with van der Waals surface area (Å²) in [7, 11) is 0. The van der Waals surface area contributed by atoms with Crippen molar-refractivity contribution in [3.63, 3.8) is 0 Å². The van der Waals surface area contributed by atoms with Gasteiger partial charge in [0.1, 0.15) is 6.61 Å². The molecule has 0 radical (unpaired) electrons. The maximum atomic E-state index is 10.5. The quantitative estimate of drug-likeness (QED) is 0.519. The van der Waals surface area contributed by atoms with Crippen LogP contribution in [0.25, 0.3) is 6.08 Å². The monoisotopic (exact) mass is 377 g/mol. The number of nitrogens with zero attached hydrogens (tertiary/aromatic N) is 1. The summed E-state index contributed by atoms with van der Waals surface area (Å²) in [6.45, 7) is 2.76. The molecule has 0 amide bonds. The Morgan fingerprint density at radius 2 is 1.87 bits per heavy atom. The van der Waals surface area contributed by atoms with Crippen molar-refractivity contribution < 1.29 is 14.4 Å². The van der Waals surface area contributed by atoms with Gasteiger partial charge in [-0.25, -0.2) is 0 Å². The number of benzene rings is 2. The molecule has 2 aromatic carbocycles. The smallest absolute Gasteiger partial charge is 0.235 e. The molecule has 120 valence electrons. The second kappa shape index (κ2) is 8.33. The van der Waals surface area contributed by atoms with Gasteiger partial charge in [0.2, 0.25) is 6.20 Å². The van der Waals surface area contributed by atoms with Crippen molar-refractivity contribution in [2.24, 2.45) is 0 Å². The molecule has 0 unspecified atom stereocenters. The summed E-state index contributed by atoms with van der Waals surface area (Å²) < 4.78 is 12.1. The molecule has 0 aromatic heterocycles. The van der Waals surface area contributed by atoms with Crippen LogP contribution in [0, 0.1) is 10.1 Å². The van der Waals surface area contributed by atoms with E-state index < -0.39 is 4.92 Å². The average molecular weight is 378 g/mol. The molecule has 0 aliphatic carbocycles. The molecule has 0 bridgehead atoms. The minimum Gasteiger partial charge on any atom is -0.490 e. The minimum absolute atomic E-state index is 0.414. The largest absolute Gasteiger partial charge is 0.490 e. The third-order valence-corrected chi connectivity index (χ3v) is 3.66. The van der Waals surface area contributed by atoms with Gasteiger partial charge in [-0.3, -0.25) is 10.1 Å². The highest BCUT2D eigenvalue weighted by atomic mass is 79.9. The first kappa shape index (κ1) is 17.0. The zero-order valence-electron chi connectivity index (χ0n) is 12.6. The van der Waals surface area contributed by atoms with Crippen LogP contribution in [0.4, 0.5) is 0 Å². The lowest BCUT2D eigenvalue weighted by Crippen LogP contribution is -2.00. The van der Waals surface area contributed by atoms with Crippen molar-refractivity contribution in [1.29, 1.82) is 0 Å². The molecule has 0 saturated carbocycles. The molecule has 0 atom stereocenters. The van der Waals surface area contributed by atoms with Crippen molar-refractivity contribution in [1.82, 2.24) is 0 Å². The summed E-state index contributed by atoms with van der Waals surface area (Å²) in [6, 6.07) is 13.3. The van der Waals surface area contributed by atoms with E-state index in [2.05, 4.69) is 15.9 Å². The molecule has 2 rings (SSSR count). The second-order valence-electron chi connectivity index (χ2n) is 4.63. The second-order valence-corrected chi connectivity index (χ2v) is 5.48. The van der Waals surface area contributed by atoms with Crippen LogP contribution in [-0.2, 0) is 6.61 Å². The van der Waals surface area contributed by atoms with Crippen molar-refractivity contribution >= 4 is 22.0 Å². The van der Waals surface area contributed by atoms with E-state index in [0.29, 0.717) is 34.7 Å². The van der Waals surface area contributed by atoms with Gasteiger partial charge < -0.3 is 9.47 Å². The lowest BCUT2D eigenvalue weighted by Gasteiger charge is -2.14. The van der Waals surface area contributed by atoms with E-state index in [1.807, 2.05) is 37.3 Å². The average Bonchev–Trinajstić information content (AvgIpc) is 2.54. The fourth-order valence-electron chi connectivity index (χ4n) is 1.94. The third-order valence-electron chi connectivity index (χ3n) is 2.98. The van der Waals surface area contributed by atoms with Gasteiger partial charge in [0.15, 0.2) is 11.5 Å². The maximum Gasteiger partial charge on any atom is 0.235 e. The normalized spacial score (nSPS) is 10.7. The highest BCUT2D eigenvalue weighted by Gasteiger charge is 2.10. The van der Waals surface area contributed by atoms with Crippen LogP contribution in [0.1, 0.15) is 18.1 Å². The lowest BCUT2D eigenvalue weighted by molar-refractivity contribution is -0.400. The standard InChI is InChI=1S/C17H16BrNO4/c1-2-22-16-10-14(8-9-19(20)21)15(18)11-17(16)23-12-13-6-4-3-5-7-13/h3-11H,2,12H2,1H3. The van der Waals surface area contributed by atoms with Gasteiger partial charge in [-0.05, 0) is 30.2 Å². The molecule has 0 spiro atoms. The van der Waals surface area contributed by atoms with Gasteiger partial charge in [-0.2, -0.15) is 0 Å². The predicted molar refractivity (Wildman–Crippen MR) is 92.1 cm³/mol. The van der Waals surface area contributed by atoms with E-state index in [-0.39, 0.29) is 0 Å². The van der Waals surface area contributed by atoms with Crippen LogP contribution in [0.2, 0.25) is 0 Å². The van der Waals surface area contributed by atoms with Crippen molar-refractivity contribution in [2.45, 2.75) is 13.5 Å². The molecule has 5 nitrogen and oxygen atoms in total. The summed E-state index contributed by atoms with van der Waals surface area (Å²) in [6.07, 6.45) is 2.30. The molecule has 0 saturated heterocycles. The first-order valence-corrected chi connectivity index (χ1v) is 7.84. The molecule has 0 aliphatic heterocycles. The van der Waals surface area contributed by atoms with Crippen LogP contribution in [0.5, 0.6) is 11.5 Å². The fourth-order valence-corrected chi connectivity index (χ4v) is 2.39. The first-order valence-electron chi connectivity index (χ1n) is 7.05. The van der Waals surface area contributed by atoms with Crippen molar-refractivity contribution in [2.75, 3.05) is 6.61 Å². The lowest BCUT2D eigenvalue weighted by atomic mass is 10.2. The number of nitro groups is 1. The predicted octanol–water partition coefficient (Wildman–Crippen LogP) is 4.67. The Bertz CT molecular complexity index is 701. The van der Waals surface area contributed by atoms with Gasteiger partial charge in [0, 0.05) is 10.5 Å². The van der Waals surface area contributed by atoms with Crippen molar-refractivity contribution in [3.8, 4) is 11.5 Å². The van der Waals surface area contributed by atoms with Crippen LogP contribution in [0.15, 0.2) is 53.1 Å². The zero-order valence-corrected chi connectivity index (χ0v) is 14.2. The summed E-state index contributed by atoms with van der Waals surface area (Å²) >= 11 is 3.40. The number of rotatable bonds is 7. The van der Waals surface area contributed by atoms with Crippen LogP contribution in [0.3, 0.4) is 0 Å². The van der Waals surface area contributed by atoms with Crippen LogP contribution in [-0.4, -0.2) is 11.5 Å². The summed E-state index contributed by atoms with van der Waals surface area (Å²) in [5.74, 6) is 1.13. The number of hydrogen-bond donors (Lipinski definition) is 0. The van der Waals surface area contributed by atoms with E-state index in [1.54, 1.807) is 12.1 Å². The van der Waals surface area contributed by atoms with Gasteiger partial charge >= 0.3 is 0 Å².